The third-order valence-corrected chi connectivity index (χ3v) is 6.62. The molecule has 0 spiro atoms. The van der Waals surface area contributed by atoms with Gasteiger partial charge in [-0.05, 0) is 73.6 Å². The Bertz CT molecular complexity index is 1010. The standard InChI is InChI=1S/C24H25FN4S/c25-17-11-13-18(14-12-17)28-16-6-10-21(28)23-22(20-9-4-5-15-26-20)27-24(30)29(23)19-7-2-1-3-8-19/h4-6,9-16,19,22-23H,1-3,7-8H2,(H,27,30)/t22-,23-/m0/s1. The van der Waals surface area contributed by atoms with E-state index < -0.39 is 0 Å². The van der Waals surface area contributed by atoms with E-state index in [-0.39, 0.29) is 17.9 Å². The van der Waals surface area contributed by atoms with Crippen LogP contribution in [0.2, 0.25) is 0 Å². The van der Waals surface area contributed by atoms with Crippen LogP contribution in [-0.2, 0) is 0 Å². The summed E-state index contributed by atoms with van der Waals surface area (Å²) in [5, 5.41) is 4.37. The number of rotatable bonds is 4. The van der Waals surface area contributed by atoms with Crippen molar-refractivity contribution in [3.8, 4) is 5.69 Å². The summed E-state index contributed by atoms with van der Waals surface area (Å²) in [6.07, 6.45) is 9.96. The molecule has 3 aromatic rings. The Kier molecular flexibility index (Phi) is 5.25. The lowest BCUT2D eigenvalue weighted by Gasteiger charge is -2.37. The van der Waals surface area contributed by atoms with Gasteiger partial charge in [-0.15, -0.1) is 0 Å². The van der Waals surface area contributed by atoms with Gasteiger partial charge >= 0.3 is 0 Å². The van der Waals surface area contributed by atoms with Gasteiger partial charge in [-0.2, -0.15) is 0 Å². The molecule has 0 amide bonds. The number of benzene rings is 1. The van der Waals surface area contributed by atoms with Gasteiger partial charge in [-0.25, -0.2) is 4.39 Å². The van der Waals surface area contributed by atoms with Gasteiger partial charge in [0.25, 0.3) is 0 Å². The van der Waals surface area contributed by atoms with Crippen molar-refractivity contribution in [2.45, 2.75) is 50.2 Å². The van der Waals surface area contributed by atoms with Crippen LogP contribution >= 0.6 is 12.2 Å². The molecule has 2 fully saturated rings. The molecule has 2 aliphatic rings. The van der Waals surface area contributed by atoms with Crippen molar-refractivity contribution < 1.29 is 4.39 Å². The molecule has 0 radical (unpaired) electrons. The fraction of sp³-hybridized carbons (Fsp3) is 0.333. The third-order valence-electron chi connectivity index (χ3n) is 6.29. The number of nitrogens with one attached hydrogen (secondary N) is 1. The van der Waals surface area contributed by atoms with Crippen LogP contribution in [0.5, 0.6) is 0 Å². The van der Waals surface area contributed by atoms with Crippen LogP contribution in [0.25, 0.3) is 5.69 Å². The summed E-state index contributed by atoms with van der Waals surface area (Å²) in [7, 11) is 0. The number of hydrogen-bond acceptors (Lipinski definition) is 2. The van der Waals surface area contributed by atoms with Crippen LogP contribution in [0.15, 0.2) is 67.0 Å². The number of nitrogens with zero attached hydrogens (tertiary/aromatic N) is 3. The SMILES string of the molecule is Fc1ccc(-n2cccc2[C@H]2[C@H](c3ccccn3)NC(=S)N2C2CCCCC2)cc1. The van der Waals surface area contributed by atoms with Gasteiger partial charge in [-0.3, -0.25) is 4.98 Å². The van der Waals surface area contributed by atoms with E-state index in [1.807, 2.05) is 36.7 Å². The van der Waals surface area contributed by atoms with E-state index in [0.717, 1.165) is 35.0 Å². The monoisotopic (exact) mass is 420 g/mol. The maximum Gasteiger partial charge on any atom is 0.170 e. The minimum Gasteiger partial charge on any atom is -0.352 e. The minimum absolute atomic E-state index is 0.0237. The van der Waals surface area contributed by atoms with Crippen molar-refractivity contribution in [2.75, 3.05) is 0 Å². The van der Waals surface area contributed by atoms with E-state index in [2.05, 4.69) is 38.0 Å². The molecule has 2 atom stereocenters. The number of aromatic nitrogens is 2. The smallest absolute Gasteiger partial charge is 0.170 e. The third kappa shape index (κ3) is 3.49. The van der Waals surface area contributed by atoms with Crippen LogP contribution in [0.4, 0.5) is 4.39 Å². The molecule has 1 N–H and O–H groups in total. The van der Waals surface area contributed by atoms with Crippen LogP contribution in [0.3, 0.4) is 0 Å². The van der Waals surface area contributed by atoms with Gasteiger partial charge in [-0.1, -0.05) is 25.3 Å². The van der Waals surface area contributed by atoms with Gasteiger partial charge in [0.05, 0.1) is 17.8 Å². The van der Waals surface area contributed by atoms with Crippen molar-refractivity contribution in [3.63, 3.8) is 0 Å². The van der Waals surface area contributed by atoms with Crippen molar-refractivity contribution in [1.82, 2.24) is 19.8 Å². The van der Waals surface area contributed by atoms with E-state index in [1.165, 1.54) is 31.4 Å². The van der Waals surface area contributed by atoms with Crippen molar-refractivity contribution in [1.29, 1.82) is 0 Å². The average molecular weight is 421 g/mol. The van der Waals surface area contributed by atoms with Gasteiger partial charge < -0.3 is 14.8 Å². The number of halogens is 1. The van der Waals surface area contributed by atoms with E-state index >= 15 is 0 Å². The molecule has 1 aliphatic heterocycles. The molecule has 1 saturated heterocycles. The summed E-state index contributed by atoms with van der Waals surface area (Å²) in [6.45, 7) is 0. The number of hydrogen-bond donors (Lipinski definition) is 1. The lowest BCUT2D eigenvalue weighted by atomic mass is 9.92. The summed E-state index contributed by atoms with van der Waals surface area (Å²) >= 11 is 5.85. The van der Waals surface area contributed by atoms with E-state index in [1.54, 1.807) is 0 Å². The molecule has 2 aromatic heterocycles. The zero-order valence-electron chi connectivity index (χ0n) is 16.7. The predicted octanol–water partition coefficient (Wildman–Crippen LogP) is 5.32. The molecule has 6 heteroatoms. The van der Waals surface area contributed by atoms with Gasteiger partial charge in [0.2, 0.25) is 0 Å². The Morgan fingerprint density at radius 1 is 0.967 bits per heavy atom. The first-order valence-corrected chi connectivity index (χ1v) is 11.1. The maximum absolute atomic E-state index is 13.5. The van der Waals surface area contributed by atoms with Crippen LogP contribution in [-0.4, -0.2) is 25.6 Å². The molecule has 3 heterocycles. The normalized spacial score (nSPS) is 22.3. The molecule has 30 heavy (non-hydrogen) atoms. The summed E-state index contributed by atoms with van der Waals surface area (Å²) in [4.78, 5) is 7.05. The quantitative estimate of drug-likeness (QED) is 0.580. The Morgan fingerprint density at radius 3 is 2.50 bits per heavy atom. The van der Waals surface area contributed by atoms with Crippen LogP contribution in [0.1, 0.15) is 55.6 Å². The van der Waals surface area contributed by atoms with Gasteiger partial charge in [0.1, 0.15) is 5.82 Å². The highest BCUT2D eigenvalue weighted by atomic mass is 32.1. The molecule has 154 valence electrons. The first-order chi connectivity index (χ1) is 14.7. The fourth-order valence-corrected chi connectivity index (χ4v) is 5.30. The predicted molar refractivity (Wildman–Crippen MR) is 120 cm³/mol. The van der Waals surface area contributed by atoms with Gasteiger partial charge in [0.15, 0.2) is 5.11 Å². The van der Waals surface area contributed by atoms with E-state index in [0.29, 0.717) is 6.04 Å². The van der Waals surface area contributed by atoms with Crippen molar-refractivity contribution >= 4 is 17.3 Å². The van der Waals surface area contributed by atoms with Crippen molar-refractivity contribution in [2.24, 2.45) is 0 Å². The molecule has 1 aromatic carbocycles. The molecular weight excluding hydrogens is 395 g/mol. The maximum atomic E-state index is 13.5. The highest BCUT2D eigenvalue weighted by molar-refractivity contribution is 7.80. The van der Waals surface area contributed by atoms with Crippen molar-refractivity contribution in [3.05, 3.63) is 84.2 Å². The fourth-order valence-electron chi connectivity index (χ4n) is 4.91. The zero-order valence-corrected chi connectivity index (χ0v) is 17.6. The largest absolute Gasteiger partial charge is 0.352 e. The Hall–Kier alpha value is -2.73. The number of pyridine rings is 1. The van der Waals surface area contributed by atoms with Gasteiger partial charge in [0, 0.05) is 29.8 Å². The Labute approximate surface area is 181 Å². The summed E-state index contributed by atoms with van der Waals surface area (Å²) in [5.41, 5.74) is 3.06. The summed E-state index contributed by atoms with van der Waals surface area (Å²) in [5.74, 6) is -0.230. The lowest BCUT2D eigenvalue weighted by molar-refractivity contribution is 0.193. The summed E-state index contributed by atoms with van der Waals surface area (Å²) < 4.78 is 15.7. The summed E-state index contributed by atoms with van der Waals surface area (Å²) in [6, 6.07) is 17.3. The molecule has 0 unspecified atom stereocenters. The Morgan fingerprint density at radius 2 is 1.77 bits per heavy atom. The molecule has 1 aliphatic carbocycles. The Balaban J connectivity index is 1.60. The lowest BCUT2D eigenvalue weighted by Crippen LogP contribution is -2.40. The van der Waals surface area contributed by atoms with Crippen LogP contribution in [0, 0.1) is 5.82 Å². The minimum atomic E-state index is -0.230. The average Bonchev–Trinajstić information content (AvgIpc) is 3.40. The molecule has 5 rings (SSSR count). The second-order valence-electron chi connectivity index (χ2n) is 8.11. The second-order valence-corrected chi connectivity index (χ2v) is 8.49. The zero-order chi connectivity index (χ0) is 20.5. The van der Waals surface area contributed by atoms with E-state index in [9.17, 15) is 4.39 Å². The molecule has 1 saturated carbocycles. The second kappa shape index (κ2) is 8.19. The molecular formula is C24H25FN4S. The number of thiocarbonyl (C=S) groups is 1. The highest BCUT2D eigenvalue weighted by Crippen LogP contribution is 2.43. The first-order valence-electron chi connectivity index (χ1n) is 10.7. The molecule has 0 bridgehead atoms. The van der Waals surface area contributed by atoms with E-state index in [4.69, 9.17) is 12.2 Å². The van der Waals surface area contributed by atoms with Crippen LogP contribution < -0.4 is 5.32 Å². The molecule has 4 nitrogen and oxygen atoms in total. The first kappa shape index (κ1) is 19.2. The highest BCUT2D eigenvalue weighted by Gasteiger charge is 2.44. The topological polar surface area (TPSA) is 33.1 Å².